The number of nitrogens with one attached hydrogen (secondary N) is 1. The summed E-state index contributed by atoms with van der Waals surface area (Å²) in [6.45, 7) is 9.20. The summed E-state index contributed by atoms with van der Waals surface area (Å²) in [7, 11) is 0. The van der Waals surface area contributed by atoms with Crippen molar-refractivity contribution < 1.29 is 5.11 Å². The van der Waals surface area contributed by atoms with Crippen LogP contribution in [0.3, 0.4) is 0 Å². The van der Waals surface area contributed by atoms with Crippen LogP contribution in [0.1, 0.15) is 75.1 Å². The Kier molecular flexibility index (Phi) is 4.00. The molecular formula is C19H29NO. The van der Waals surface area contributed by atoms with Crippen molar-refractivity contribution in [2.75, 3.05) is 0 Å². The second kappa shape index (κ2) is 5.64. The molecule has 116 valence electrons. The number of rotatable bonds is 2. The smallest absolute Gasteiger partial charge is 0.120 e. The first-order chi connectivity index (χ1) is 9.95. The number of phenolic OH excluding ortho intramolecular Hbond substituents is 1. The van der Waals surface area contributed by atoms with E-state index in [-0.39, 0.29) is 0 Å². The molecule has 2 aliphatic rings. The number of aromatic hydroxyl groups is 1. The molecule has 21 heavy (non-hydrogen) atoms. The predicted molar refractivity (Wildman–Crippen MR) is 87.7 cm³/mol. The maximum absolute atomic E-state index is 10.3. The molecule has 2 N–H and O–H groups in total. The minimum atomic E-state index is 0.331. The van der Waals surface area contributed by atoms with Crippen LogP contribution in [0.15, 0.2) is 12.1 Å². The van der Waals surface area contributed by atoms with Gasteiger partial charge in [0.15, 0.2) is 0 Å². The van der Waals surface area contributed by atoms with E-state index in [0.717, 1.165) is 18.3 Å². The van der Waals surface area contributed by atoms with Crippen LogP contribution in [0, 0.1) is 18.8 Å². The van der Waals surface area contributed by atoms with E-state index in [9.17, 15) is 5.11 Å². The van der Waals surface area contributed by atoms with Gasteiger partial charge in [0.1, 0.15) is 5.75 Å². The normalized spacial score (nSPS) is 35.7. The summed E-state index contributed by atoms with van der Waals surface area (Å²) in [6, 6.07) is 4.86. The maximum atomic E-state index is 10.3. The lowest BCUT2D eigenvalue weighted by Crippen LogP contribution is -2.38. The lowest BCUT2D eigenvalue weighted by molar-refractivity contribution is 0.223. The molecule has 4 atom stereocenters. The molecule has 0 spiro atoms. The molecular weight excluding hydrogens is 258 g/mol. The van der Waals surface area contributed by atoms with Crippen LogP contribution in [-0.4, -0.2) is 11.1 Å². The highest BCUT2D eigenvalue weighted by molar-refractivity contribution is 5.50. The van der Waals surface area contributed by atoms with Gasteiger partial charge >= 0.3 is 0 Å². The van der Waals surface area contributed by atoms with Gasteiger partial charge in [0, 0.05) is 17.6 Å². The van der Waals surface area contributed by atoms with E-state index in [2.05, 4.69) is 39.1 Å². The molecule has 0 saturated heterocycles. The Morgan fingerprint density at radius 3 is 2.29 bits per heavy atom. The summed E-state index contributed by atoms with van der Waals surface area (Å²) in [6.07, 6.45) is 5.03. The number of benzene rings is 1. The molecule has 0 aliphatic heterocycles. The van der Waals surface area contributed by atoms with Gasteiger partial charge in [0.2, 0.25) is 0 Å². The Morgan fingerprint density at radius 1 is 0.952 bits per heavy atom. The van der Waals surface area contributed by atoms with Crippen molar-refractivity contribution in [2.24, 2.45) is 11.8 Å². The molecule has 0 bridgehead atoms. The number of phenols is 1. The Labute approximate surface area is 129 Å². The quantitative estimate of drug-likeness (QED) is 0.829. The van der Waals surface area contributed by atoms with Crippen molar-refractivity contribution in [2.45, 2.75) is 71.4 Å². The minimum Gasteiger partial charge on any atom is -0.508 e. The van der Waals surface area contributed by atoms with Crippen LogP contribution in [0.5, 0.6) is 5.75 Å². The Hall–Kier alpha value is -1.02. The lowest BCUT2D eigenvalue weighted by atomic mass is 9.80. The monoisotopic (exact) mass is 287 g/mol. The van der Waals surface area contributed by atoms with Crippen LogP contribution in [0.4, 0.5) is 0 Å². The van der Waals surface area contributed by atoms with E-state index in [4.69, 9.17) is 0 Å². The first-order valence-corrected chi connectivity index (χ1v) is 8.54. The van der Waals surface area contributed by atoms with Gasteiger partial charge in [-0.2, -0.15) is 0 Å². The topological polar surface area (TPSA) is 32.3 Å². The summed E-state index contributed by atoms with van der Waals surface area (Å²) < 4.78 is 0. The summed E-state index contributed by atoms with van der Waals surface area (Å²) in [4.78, 5) is 0. The van der Waals surface area contributed by atoms with Gasteiger partial charge in [0.25, 0.3) is 0 Å². The zero-order chi connectivity index (χ0) is 15.1. The number of fused-ring (bicyclic) bond motifs is 1. The molecule has 1 aromatic rings. The van der Waals surface area contributed by atoms with Crippen LogP contribution in [0.2, 0.25) is 0 Å². The van der Waals surface area contributed by atoms with Crippen molar-refractivity contribution in [3.63, 3.8) is 0 Å². The number of hydrogen-bond donors (Lipinski definition) is 2. The van der Waals surface area contributed by atoms with Crippen LogP contribution < -0.4 is 5.32 Å². The summed E-state index contributed by atoms with van der Waals surface area (Å²) in [5.41, 5.74) is 3.88. The number of hydrogen-bond acceptors (Lipinski definition) is 2. The molecule has 0 radical (unpaired) electrons. The van der Waals surface area contributed by atoms with E-state index in [0.29, 0.717) is 23.8 Å². The fourth-order valence-corrected chi connectivity index (χ4v) is 4.86. The van der Waals surface area contributed by atoms with Crippen molar-refractivity contribution in [1.82, 2.24) is 5.32 Å². The van der Waals surface area contributed by atoms with E-state index in [1.165, 1.54) is 36.0 Å². The van der Waals surface area contributed by atoms with Crippen LogP contribution in [-0.2, 0) is 0 Å². The highest BCUT2D eigenvalue weighted by Gasteiger charge is 2.34. The first kappa shape index (κ1) is 14.9. The minimum absolute atomic E-state index is 0.331. The van der Waals surface area contributed by atoms with Gasteiger partial charge in [-0.3, -0.25) is 0 Å². The van der Waals surface area contributed by atoms with Gasteiger partial charge in [0.05, 0.1) is 0 Å². The standard InChI is InChI=1S/C19H29NO/c1-11-7-12(2)9-15(8-11)20-16-10-14(4)18-13(3)5-6-17(21)19(16)18/h5-6,11-12,14-16,20-21H,7-10H2,1-4H3. The zero-order valence-corrected chi connectivity index (χ0v) is 13.8. The molecule has 0 amide bonds. The molecule has 0 aromatic heterocycles. The van der Waals surface area contributed by atoms with Crippen molar-refractivity contribution in [1.29, 1.82) is 0 Å². The molecule has 0 heterocycles. The van der Waals surface area contributed by atoms with Crippen molar-refractivity contribution >= 4 is 0 Å². The molecule has 2 heteroatoms. The SMILES string of the molecule is Cc1ccc(O)c2c1C(C)CC2NC1CC(C)CC(C)C1. The largest absolute Gasteiger partial charge is 0.508 e. The third kappa shape index (κ3) is 2.83. The third-order valence-corrected chi connectivity index (χ3v) is 5.53. The lowest BCUT2D eigenvalue weighted by Gasteiger charge is -2.34. The molecule has 4 unspecified atom stereocenters. The molecule has 1 fully saturated rings. The molecule has 2 aliphatic carbocycles. The van der Waals surface area contributed by atoms with Gasteiger partial charge in [-0.15, -0.1) is 0 Å². The highest BCUT2D eigenvalue weighted by Crippen LogP contribution is 2.46. The predicted octanol–water partition coefficient (Wildman–Crippen LogP) is 4.66. The summed E-state index contributed by atoms with van der Waals surface area (Å²) in [5, 5.41) is 14.2. The van der Waals surface area contributed by atoms with Crippen LogP contribution in [0.25, 0.3) is 0 Å². The Balaban J connectivity index is 1.82. The van der Waals surface area contributed by atoms with E-state index in [1.54, 1.807) is 0 Å². The van der Waals surface area contributed by atoms with Gasteiger partial charge in [-0.1, -0.05) is 26.8 Å². The van der Waals surface area contributed by atoms with Crippen molar-refractivity contribution in [3.05, 3.63) is 28.8 Å². The van der Waals surface area contributed by atoms with E-state index < -0.39 is 0 Å². The summed E-state index contributed by atoms with van der Waals surface area (Å²) in [5.74, 6) is 2.66. The molecule has 3 rings (SSSR count). The Morgan fingerprint density at radius 2 is 1.62 bits per heavy atom. The highest BCUT2D eigenvalue weighted by atomic mass is 16.3. The molecule has 1 aromatic carbocycles. The Bertz CT molecular complexity index is 515. The second-order valence-electron chi connectivity index (χ2n) is 7.70. The fourth-order valence-electron chi connectivity index (χ4n) is 4.86. The van der Waals surface area contributed by atoms with Crippen molar-refractivity contribution in [3.8, 4) is 5.75 Å². The van der Waals surface area contributed by atoms with Crippen LogP contribution >= 0.6 is 0 Å². The average molecular weight is 287 g/mol. The number of aryl methyl sites for hydroxylation is 1. The van der Waals surface area contributed by atoms with Gasteiger partial charge in [-0.05, 0) is 67.6 Å². The molecule has 1 saturated carbocycles. The maximum Gasteiger partial charge on any atom is 0.120 e. The second-order valence-corrected chi connectivity index (χ2v) is 7.70. The van der Waals surface area contributed by atoms with E-state index >= 15 is 0 Å². The van der Waals surface area contributed by atoms with Gasteiger partial charge in [-0.25, -0.2) is 0 Å². The summed E-state index contributed by atoms with van der Waals surface area (Å²) >= 11 is 0. The molecule has 2 nitrogen and oxygen atoms in total. The van der Waals surface area contributed by atoms with E-state index in [1.807, 2.05) is 6.07 Å². The average Bonchev–Trinajstić information content (AvgIpc) is 2.71. The third-order valence-electron chi connectivity index (χ3n) is 5.53. The first-order valence-electron chi connectivity index (χ1n) is 8.54. The van der Waals surface area contributed by atoms with Gasteiger partial charge < -0.3 is 10.4 Å². The zero-order valence-electron chi connectivity index (χ0n) is 13.8. The fraction of sp³-hybridized carbons (Fsp3) is 0.684.